The van der Waals surface area contributed by atoms with Gasteiger partial charge in [0, 0.05) is 85.9 Å². The standard InChI is InChI=1S/C58H73F2N9O14S/c1-58(2,3)55(47-31-41(43-32-42(59)10-11-44(43)60)35-67(47)34-40-8-5-4-6-9-40)68(21-7-17-64-56(77)45(33-48(61)70)65-50(72)30-39-14-18-62-19-15-39)54(76)38-84-37-46(57(78)79)66-49(71)16-22-80-24-26-82-28-29-83-27-25-81-23-20-63-51(73)36-69-52(74)12-13-53(69)75/h4-6,8-15,18-19,31-32,35,45-46,55H,7,16-17,20-30,33-34,36-38H2,1-3H3,(H2,61,70)(H,63,73)(H,64,77)(H,65,72)(H,66,71)(H,78,79)/t45-,46-,55-/m0/s1. The van der Waals surface area contributed by atoms with Gasteiger partial charge in [-0.25, -0.2) is 13.6 Å². The third kappa shape index (κ3) is 23.0. The minimum Gasteiger partial charge on any atom is -0.480 e. The topological polar surface area (TPSA) is 309 Å². The van der Waals surface area contributed by atoms with Gasteiger partial charge in [-0.05, 0) is 59.4 Å². The van der Waals surface area contributed by atoms with Crippen LogP contribution < -0.4 is 27.0 Å². The molecular weight excluding hydrogens is 1120 g/mol. The normalized spacial score (nSPS) is 13.3. The van der Waals surface area contributed by atoms with Gasteiger partial charge >= 0.3 is 5.97 Å². The lowest BCUT2D eigenvalue weighted by Gasteiger charge is -2.41. The fourth-order valence-corrected chi connectivity index (χ4v) is 9.62. The molecule has 8 amide bonds. The van der Waals surface area contributed by atoms with E-state index in [1.54, 1.807) is 29.3 Å². The van der Waals surface area contributed by atoms with Crippen molar-refractivity contribution in [2.24, 2.45) is 11.1 Å². The molecule has 4 aromatic rings. The van der Waals surface area contributed by atoms with Crippen molar-refractivity contribution in [3.05, 3.63) is 126 Å². The number of rotatable bonds is 38. The van der Waals surface area contributed by atoms with Gasteiger partial charge in [0.2, 0.25) is 35.4 Å². The lowest BCUT2D eigenvalue weighted by molar-refractivity contribution is -0.141. The Labute approximate surface area is 489 Å². The first-order valence-electron chi connectivity index (χ1n) is 27.1. The summed E-state index contributed by atoms with van der Waals surface area (Å²) >= 11 is 0.977. The predicted molar refractivity (Wildman–Crippen MR) is 304 cm³/mol. The Hall–Kier alpha value is -7.91. The summed E-state index contributed by atoms with van der Waals surface area (Å²) in [6, 6.07) is 14.0. The molecule has 7 N–H and O–H groups in total. The summed E-state index contributed by atoms with van der Waals surface area (Å²) in [5, 5.41) is 20.5. The van der Waals surface area contributed by atoms with Crippen molar-refractivity contribution in [1.82, 2.24) is 40.6 Å². The van der Waals surface area contributed by atoms with E-state index in [4.69, 9.17) is 24.7 Å². The van der Waals surface area contributed by atoms with Crippen LogP contribution in [-0.4, -0.2) is 180 Å². The number of nitrogens with one attached hydrogen (secondary N) is 4. The first-order chi connectivity index (χ1) is 40.2. The van der Waals surface area contributed by atoms with Crippen LogP contribution in [0.2, 0.25) is 0 Å². The van der Waals surface area contributed by atoms with Crippen molar-refractivity contribution in [2.75, 3.05) is 90.5 Å². The summed E-state index contributed by atoms with van der Waals surface area (Å²) in [5.41, 5.74) is 7.12. The molecule has 0 radical (unpaired) electrons. The second kappa shape index (κ2) is 34.6. The molecular formula is C58H73F2N9O14S. The Morgan fingerprint density at radius 2 is 1.38 bits per heavy atom. The van der Waals surface area contributed by atoms with Gasteiger partial charge in [0.25, 0.3) is 11.8 Å². The smallest absolute Gasteiger partial charge is 0.327 e. The third-order valence-corrected chi connectivity index (χ3v) is 13.7. The maximum atomic E-state index is 15.5. The van der Waals surface area contributed by atoms with Crippen LogP contribution in [0.15, 0.2) is 97.5 Å². The Morgan fingerprint density at radius 1 is 0.750 bits per heavy atom. The number of hydrogen-bond donors (Lipinski definition) is 6. The number of nitrogens with zero attached hydrogens (tertiary/aromatic N) is 4. The molecule has 0 aliphatic carbocycles. The van der Waals surface area contributed by atoms with Crippen LogP contribution in [0.1, 0.15) is 62.9 Å². The highest BCUT2D eigenvalue weighted by atomic mass is 32.2. The van der Waals surface area contributed by atoms with E-state index in [-0.39, 0.29) is 122 Å². The first kappa shape index (κ1) is 66.9. The molecule has 26 heteroatoms. The van der Waals surface area contributed by atoms with Gasteiger partial charge < -0.3 is 60.5 Å². The zero-order valence-corrected chi connectivity index (χ0v) is 48.0. The summed E-state index contributed by atoms with van der Waals surface area (Å²) in [7, 11) is 0. The van der Waals surface area contributed by atoms with E-state index >= 15 is 4.39 Å². The van der Waals surface area contributed by atoms with Crippen LogP contribution in [-0.2, 0) is 75.1 Å². The third-order valence-electron chi connectivity index (χ3n) is 12.6. The van der Waals surface area contributed by atoms with Crippen molar-refractivity contribution in [2.45, 2.75) is 71.1 Å². The highest BCUT2D eigenvalue weighted by Gasteiger charge is 2.38. The highest BCUT2D eigenvalue weighted by molar-refractivity contribution is 8.00. The maximum absolute atomic E-state index is 15.5. The molecule has 0 fully saturated rings. The van der Waals surface area contributed by atoms with Gasteiger partial charge in [-0.2, -0.15) is 0 Å². The van der Waals surface area contributed by atoms with Gasteiger partial charge in [-0.1, -0.05) is 51.1 Å². The Balaban J connectivity index is 1.15. The van der Waals surface area contributed by atoms with Crippen molar-refractivity contribution in [1.29, 1.82) is 0 Å². The van der Waals surface area contributed by atoms with E-state index in [9.17, 15) is 52.6 Å². The van der Waals surface area contributed by atoms with Gasteiger partial charge in [0.15, 0.2) is 0 Å². The number of aliphatic carboxylic acids is 1. The zero-order chi connectivity index (χ0) is 61.0. The first-order valence-corrected chi connectivity index (χ1v) is 28.3. The molecule has 0 saturated carbocycles. The van der Waals surface area contributed by atoms with Gasteiger partial charge in [-0.3, -0.25) is 48.2 Å². The number of thioether (sulfide) groups is 1. The molecule has 84 heavy (non-hydrogen) atoms. The van der Waals surface area contributed by atoms with Crippen LogP contribution in [0.4, 0.5) is 8.78 Å². The number of amides is 8. The molecule has 2 aromatic heterocycles. The lowest BCUT2D eigenvalue weighted by atomic mass is 9.83. The number of hydrogen-bond acceptors (Lipinski definition) is 15. The molecule has 23 nitrogen and oxygen atoms in total. The van der Waals surface area contributed by atoms with Crippen molar-refractivity contribution in [3.63, 3.8) is 0 Å². The predicted octanol–water partition coefficient (Wildman–Crippen LogP) is 2.70. The molecule has 0 saturated heterocycles. The van der Waals surface area contributed by atoms with E-state index in [1.807, 2.05) is 55.7 Å². The number of ether oxygens (including phenoxy) is 4. The maximum Gasteiger partial charge on any atom is 0.327 e. The summed E-state index contributed by atoms with van der Waals surface area (Å²) in [6.45, 7) is 7.26. The number of imide groups is 1. The molecule has 5 rings (SSSR count). The fraction of sp³-hybridized carbons (Fsp3) is 0.448. The number of carboxylic acid groups (broad SMARTS) is 1. The molecule has 0 bridgehead atoms. The van der Waals surface area contributed by atoms with Crippen LogP contribution in [0.25, 0.3) is 11.1 Å². The van der Waals surface area contributed by atoms with Gasteiger partial charge in [0.1, 0.15) is 30.3 Å². The Kier molecular flexibility index (Phi) is 27.6. The number of carbonyl (C=O) groups excluding carboxylic acids is 8. The number of carbonyl (C=O) groups is 9. The van der Waals surface area contributed by atoms with E-state index in [1.165, 1.54) is 12.4 Å². The summed E-state index contributed by atoms with van der Waals surface area (Å²) < 4.78 is 53.8. The summed E-state index contributed by atoms with van der Waals surface area (Å²) in [4.78, 5) is 120. The van der Waals surface area contributed by atoms with Gasteiger partial charge in [0.05, 0.1) is 77.5 Å². The molecule has 454 valence electrons. The Bertz CT molecular complexity index is 2870. The average Bonchev–Trinajstić information content (AvgIpc) is 2.25. The SMILES string of the molecule is CC(C)(C)[C@H](c1cc(-c2cc(F)ccc2F)cn1Cc1ccccc1)N(CCCNC(=O)[C@H](CC(N)=O)NC(=O)Cc1ccncc1)C(=O)CSC[C@H](NC(=O)CCOCCOCCOCCOCCNC(=O)CN1C(=O)C=CC1=O)C(=O)O. The minimum absolute atomic E-state index is 0.000231. The quantitative estimate of drug-likeness (QED) is 0.0278. The second-order valence-corrected chi connectivity index (χ2v) is 21.4. The van der Waals surface area contributed by atoms with E-state index in [0.717, 1.165) is 52.6 Å². The van der Waals surface area contributed by atoms with Crippen molar-refractivity contribution in [3.8, 4) is 11.1 Å². The number of halogens is 2. The van der Waals surface area contributed by atoms with E-state index in [0.29, 0.717) is 16.8 Å². The largest absolute Gasteiger partial charge is 0.480 e. The number of aromatic nitrogens is 2. The minimum atomic E-state index is -1.39. The lowest BCUT2D eigenvalue weighted by Crippen LogP contribution is -2.49. The number of pyridine rings is 1. The molecule has 1 aliphatic heterocycles. The molecule has 3 atom stereocenters. The van der Waals surface area contributed by atoms with Crippen molar-refractivity contribution >= 4 is 65.0 Å². The average molecular weight is 1190 g/mol. The number of nitrogens with two attached hydrogens (primary N) is 1. The monoisotopic (exact) mass is 1190 g/mol. The van der Waals surface area contributed by atoms with Crippen LogP contribution >= 0.6 is 11.8 Å². The molecule has 0 spiro atoms. The van der Waals surface area contributed by atoms with Gasteiger partial charge in [-0.15, -0.1) is 11.8 Å². The highest BCUT2D eigenvalue weighted by Crippen LogP contribution is 2.41. The van der Waals surface area contributed by atoms with Crippen molar-refractivity contribution < 1.29 is 76.0 Å². The summed E-state index contributed by atoms with van der Waals surface area (Å²) in [5.74, 6) is -7.79. The van der Waals surface area contributed by atoms with Crippen LogP contribution in [0, 0.1) is 17.0 Å². The number of benzene rings is 2. The second-order valence-electron chi connectivity index (χ2n) is 20.3. The number of primary amides is 1. The Morgan fingerprint density at radius 3 is 2.01 bits per heavy atom. The molecule has 1 aliphatic rings. The molecule has 2 aromatic carbocycles. The molecule has 3 heterocycles. The summed E-state index contributed by atoms with van der Waals surface area (Å²) in [6.07, 6.45) is 6.32. The van der Waals surface area contributed by atoms with Crippen LogP contribution in [0.5, 0.6) is 0 Å². The zero-order valence-electron chi connectivity index (χ0n) is 47.2. The number of carboxylic acids is 1. The molecule has 0 unspecified atom stereocenters. The fourth-order valence-electron chi connectivity index (χ4n) is 8.70. The van der Waals surface area contributed by atoms with Crippen LogP contribution in [0.3, 0.4) is 0 Å². The van der Waals surface area contributed by atoms with E-state index in [2.05, 4.69) is 26.3 Å². The van der Waals surface area contributed by atoms with E-state index < -0.39 is 94.8 Å².